The fourth-order valence-corrected chi connectivity index (χ4v) is 8.85. The molecule has 4 rings (SSSR count). The summed E-state index contributed by atoms with van der Waals surface area (Å²) in [5, 5.41) is 19.2. The summed E-state index contributed by atoms with van der Waals surface area (Å²) >= 11 is 0. The third-order valence-electron chi connectivity index (χ3n) is 8.92. The molecule has 3 amide bonds. The molecule has 1 aliphatic carbocycles. The van der Waals surface area contributed by atoms with Gasteiger partial charge in [-0.2, -0.15) is 0 Å². The fourth-order valence-electron chi connectivity index (χ4n) is 6.18. The van der Waals surface area contributed by atoms with E-state index in [0.29, 0.717) is 6.16 Å². The summed E-state index contributed by atoms with van der Waals surface area (Å²) in [7, 11) is -3.24. The summed E-state index contributed by atoms with van der Waals surface area (Å²) < 4.78 is 25.6. The van der Waals surface area contributed by atoms with Gasteiger partial charge in [0.1, 0.15) is 18.7 Å². The number of ether oxygens (including phenoxy) is 1. The molecule has 3 aromatic carbocycles. The number of carbonyl (C=O) groups excluding carboxylic acids is 3. The second kappa shape index (κ2) is 20.0. The predicted octanol–water partition coefficient (Wildman–Crippen LogP) is 6.22. The highest BCUT2D eigenvalue weighted by Gasteiger charge is 2.33. The molecule has 270 valence electrons. The van der Waals surface area contributed by atoms with Crippen LogP contribution in [0.15, 0.2) is 91.0 Å². The Morgan fingerprint density at radius 1 is 0.780 bits per heavy atom. The van der Waals surface area contributed by atoms with Crippen molar-refractivity contribution in [1.82, 2.24) is 16.0 Å². The molecule has 0 radical (unpaired) electrons. The molecule has 4 N–H and O–H groups in total. The van der Waals surface area contributed by atoms with Crippen molar-refractivity contribution in [1.29, 1.82) is 0 Å². The van der Waals surface area contributed by atoms with Crippen molar-refractivity contribution in [2.45, 2.75) is 83.8 Å². The van der Waals surface area contributed by atoms with Crippen LogP contribution in [0.5, 0.6) is 0 Å². The van der Waals surface area contributed by atoms with Crippen LogP contribution in [0.4, 0.5) is 4.79 Å². The fraction of sp³-hybridized carbons (Fsp3) is 0.462. The third kappa shape index (κ3) is 13.4. The molecule has 0 bridgehead atoms. The summed E-state index contributed by atoms with van der Waals surface area (Å²) in [5.74, 6) is -1.08. The number of alkyl carbamates (subject to hydrolysis) is 1. The van der Waals surface area contributed by atoms with Gasteiger partial charge in [-0.25, -0.2) is 4.79 Å². The Morgan fingerprint density at radius 2 is 1.34 bits per heavy atom. The van der Waals surface area contributed by atoms with Gasteiger partial charge in [0, 0.05) is 19.1 Å². The number of carbonyl (C=O) groups is 3. The Morgan fingerprint density at radius 3 is 1.92 bits per heavy atom. The van der Waals surface area contributed by atoms with E-state index in [-0.39, 0.29) is 44.2 Å². The lowest BCUT2D eigenvalue weighted by Gasteiger charge is -2.29. The minimum absolute atomic E-state index is 0.0383. The largest absolute Gasteiger partial charge is 0.445 e. The van der Waals surface area contributed by atoms with E-state index < -0.39 is 43.5 Å². The standard InChI is InChI=1S/C39H52N3O7P/c1-29(2)36(42-37(44)35(23-30-15-7-3-8-16-30)41-39(46)48-25-31-17-9-4-10-18-31)38(45)40-24-34(43)28-50(47,27-33-21-13-6-14-22-33)49-26-32-19-11-5-12-20-32/h3-5,7-12,15-20,29,33-36,43H,6,13-14,21-28H2,1-2H3,(H,40,45)(H,41,46)(H,42,44)/t34-,35+,36-,50?/m1/s1. The lowest BCUT2D eigenvalue weighted by Crippen LogP contribution is -2.56. The van der Waals surface area contributed by atoms with Crippen LogP contribution in [0.3, 0.4) is 0 Å². The molecule has 0 saturated heterocycles. The average Bonchev–Trinajstić information content (AvgIpc) is 3.12. The molecule has 0 heterocycles. The van der Waals surface area contributed by atoms with E-state index in [1.807, 2.05) is 91.0 Å². The molecular weight excluding hydrogens is 653 g/mol. The highest BCUT2D eigenvalue weighted by atomic mass is 31.2. The zero-order valence-electron chi connectivity index (χ0n) is 29.2. The molecule has 4 atom stereocenters. The summed E-state index contributed by atoms with van der Waals surface area (Å²) in [4.78, 5) is 39.8. The number of nitrogens with one attached hydrogen (secondary N) is 3. The molecule has 50 heavy (non-hydrogen) atoms. The molecule has 0 aliphatic heterocycles. The third-order valence-corrected chi connectivity index (χ3v) is 11.6. The number of benzene rings is 3. The predicted molar refractivity (Wildman–Crippen MR) is 195 cm³/mol. The Kier molecular flexibility index (Phi) is 15.5. The molecule has 11 heteroatoms. The van der Waals surface area contributed by atoms with Crippen molar-refractivity contribution in [2.75, 3.05) is 18.9 Å². The maximum absolute atomic E-state index is 14.1. The molecule has 10 nitrogen and oxygen atoms in total. The first-order valence-electron chi connectivity index (χ1n) is 17.6. The van der Waals surface area contributed by atoms with Gasteiger partial charge in [-0.15, -0.1) is 0 Å². The van der Waals surface area contributed by atoms with Crippen LogP contribution < -0.4 is 16.0 Å². The van der Waals surface area contributed by atoms with Crippen LogP contribution in [-0.4, -0.2) is 60.1 Å². The number of aliphatic hydroxyl groups excluding tert-OH is 1. The molecule has 1 aliphatic rings. The van der Waals surface area contributed by atoms with E-state index in [4.69, 9.17) is 9.26 Å². The quantitative estimate of drug-likeness (QED) is 0.115. The minimum atomic E-state index is -3.24. The van der Waals surface area contributed by atoms with Crippen LogP contribution in [0.1, 0.15) is 62.6 Å². The first-order valence-corrected chi connectivity index (χ1v) is 19.6. The van der Waals surface area contributed by atoms with Gasteiger partial charge in [0.05, 0.1) is 18.9 Å². The zero-order chi connectivity index (χ0) is 35.8. The number of hydrogen-bond donors (Lipinski definition) is 4. The lowest BCUT2D eigenvalue weighted by atomic mass is 9.91. The van der Waals surface area contributed by atoms with E-state index in [1.54, 1.807) is 13.8 Å². The van der Waals surface area contributed by atoms with Gasteiger partial charge in [0.2, 0.25) is 19.2 Å². The second-order valence-electron chi connectivity index (χ2n) is 13.5. The first-order chi connectivity index (χ1) is 24.1. The monoisotopic (exact) mass is 705 g/mol. The van der Waals surface area contributed by atoms with E-state index >= 15 is 0 Å². The number of aliphatic hydroxyl groups is 1. The zero-order valence-corrected chi connectivity index (χ0v) is 30.1. The maximum Gasteiger partial charge on any atom is 0.408 e. The van der Waals surface area contributed by atoms with Crippen molar-refractivity contribution < 1.29 is 33.3 Å². The van der Waals surface area contributed by atoms with Crippen LogP contribution in [0.2, 0.25) is 0 Å². The summed E-state index contributed by atoms with van der Waals surface area (Å²) in [6, 6.07) is 26.0. The SMILES string of the molecule is CC(C)[C@@H](NC(=O)[C@H](Cc1ccccc1)NC(=O)OCc1ccccc1)C(=O)NC[C@@H](O)CP(=O)(CC1CCCCC1)OCc1ccccc1. The van der Waals surface area contributed by atoms with E-state index in [2.05, 4.69) is 16.0 Å². The molecule has 1 fully saturated rings. The molecule has 0 aromatic heterocycles. The van der Waals surface area contributed by atoms with Gasteiger partial charge >= 0.3 is 6.09 Å². The molecule has 1 unspecified atom stereocenters. The van der Waals surface area contributed by atoms with Crippen LogP contribution in [0, 0.1) is 11.8 Å². The van der Waals surface area contributed by atoms with Crippen molar-refractivity contribution in [3.63, 3.8) is 0 Å². The van der Waals surface area contributed by atoms with Crippen LogP contribution in [-0.2, 0) is 43.0 Å². The molecule has 3 aromatic rings. The van der Waals surface area contributed by atoms with E-state index in [0.717, 1.165) is 42.4 Å². The normalized spacial score (nSPS) is 16.4. The summed E-state index contributed by atoms with van der Waals surface area (Å²) in [5.41, 5.74) is 2.52. The van der Waals surface area contributed by atoms with Gasteiger partial charge in [0.15, 0.2) is 0 Å². The maximum atomic E-state index is 14.1. The first kappa shape index (κ1) is 38.8. The van der Waals surface area contributed by atoms with Crippen molar-refractivity contribution >= 4 is 25.3 Å². The van der Waals surface area contributed by atoms with Gasteiger partial charge in [-0.1, -0.05) is 124 Å². The topological polar surface area (TPSA) is 143 Å². The minimum Gasteiger partial charge on any atom is -0.445 e. The van der Waals surface area contributed by atoms with Crippen LogP contribution in [0.25, 0.3) is 0 Å². The number of hydrogen-bond acceptors (Lipinski definition) is 7. The second-order valence-corrected chi connectivity index (χ2v) is 16.1. The molecule has 1 saturated carbocycles. The van der Waals surface area contributed by atoms with E-state index in [1.165, 1.54) is 6.42 Å². The summed E-state index contributed by atoms with van der Waals surface area (Å²) in [6.45, 7) is 3.66. The van der Waals surface area contributed by atoms with Crippen LogP contribution >= 0.6 is 7.37 Å². The van der Waals surface area contributed by atoms with Gasteiger partial charge in [0.25, 0.3) is 0 Å². The highest BCUT2D eigenvalue weighted by Crippen LogP contribution is 2.51. The van der Waals surface area contributed by atoms with Gasteiger partial charge in [-0.05, 0) is 41.4 Å². The number of rotatable bonds is 18. The Labute approximate surface area is 296 Å². The summed E-state index contributed by atoms with van der Waals surface area (Å²) in [6.07, 6.45) is 3.99. The lowest BCUT2D eigenvalue weighted by molar-refractivity contribution is -0.131. The van der Waals surface area contributed by atoms with Gasteiger partial charge in [-0.3, -0.25) is 14.2 Å². The van der Waals surface area contributed by atoms with Crippen molar-refractivity contribution in [3.05, 3.63) is 108 Å². The van der Waals surface area contributed by atoms with Crippen molar-refractivity contribution in [3.8, 4) is 0 Å². The Hall–Kier alpha value is -3.98. The average molecular weight is 706 g/mol. The molecular formula is C39H52N3O7P. The number of amides is 3. The Bertz CT molecular complexity index is 1520. The van der Waals surface area contributed by atoms with E-state index in [9.17, 15) is 24.1 Å². The van der Waals surface area contributed by atoms with Crippen molar-refractivity contribution in [2.24, 2.45) is 11.8 Å². The van der Waals surface area contributed by atoms with Gasteiger partial charge < -0.3 is 30.3 Å². The highest BCUT2D eigenvalue weighted by molar-refractivity contribution is 7.59. The molecule has 0 spiro atoms. The smallest absolute Gasteiger partial charge is 0.408 e. The Balaban J connectivity index is 1.36.